The number of carbonyl (C=O) groups excluding carboxylic acids is 4. The van der Waals surface area contributed by atoms with Crippen molar-refractivity contribution >= 4 is 23.8 Å². The monoisotopic (exact) mass is 450 g/mol. The molecule has 1 spiro atoms. The molecule has 1 unspecified atom stereocenters. The van der Waals surface area contributed by atoms with Crippen molar-refractivity contribution in [2.75, 3.05) is 46.4 Å². The van der Waals surface area contributed by atoms with Crippen LogP contribution in [0.3, 0.4) is 0 Å². The van der Waals surface area contributed by atoms with Crippen molar-refractivity contribution in [1.29, 1.82) is 0 Å². The third-order valence-corrected chi connectivity index (χ3v) is 7.36. The van der Waals surface area contributed by atoms with Crippen LogP contribution in [0.1, 0.15) is 65.2 Å². The minimum Gasteiger partial charge on any atom is -0.466 e. The third-order valence-electron chi connectivity index (χ3n) is 7.36. The number of imide groups is 1. The number of esters is 1. The van der Waals surface area contributed by atoms with Crippen LogP contribution in [0.15, 0.2) is 0 Å². The molecule has 0 radical (unpaired) electrons. The van der Waals surface area contributed by atoms with E-state index in [2.05, 4.69) is 11.8 Å². The van der Waals surface area contributed by atoms with Crippen LogP contribution in [0.5, 0.6) is 0 Å². The SMILES string of the molecule is CCOC(=O)CCN(CC1CCCN1CC)C(=O)CN1C(=O)N(C)C2(CCCCC2)C1=O. The first-order valence-corrected chi connectivity index (χ1v) is 12.1. The molecule has 1 atom stereocenters. The summed E-state index contributed by atoms with van der Waals surface area (Å²) in [7, 11) is 1.67. The third kappa shape index (κ3) is 4.92. The number of rotatable bonds is 9. The van der Waals surface area contributed by atoms with E-state index < -0.39 is 11.6 Å². The number of nitrogens with zero attached hydrogens (tertiary/aromatic N) is 4. The Hall–Kier alpha value is -2.16. The Bertz CT molecular complexity index is 721. The highest BCUT2D eigenvalue weighted by molar-refractivity contribution is 6.09. The van der Waals surface area contributed by atoms with E-state index >= 15 is 0 Å². The highest BCUT2D eigenvalue weighted by Crippen LogP contribution is 2.39. The summed E-state index contributed by atoms with van der Waals surface area (Å²) in [6.07, 6.45) is 6.35. The molecule has 2 heterocycles. The molecule has 0 aromatic rings. The summed E-state index contributed by atoms with van der Waals surface area (Å²) in [4.78, 5) is 58.1. The second-order valence-corrected chi connectivity index (χ2v) is 9.14. The molecule has 3 rings (SSSR count). The first-order chi connectivity index (χ1) is 15.3. The number of carbonyl (C=O) groups is 4. The molecule has 9 nitrogen and oxygen atoms in total. The van der Waals surface area contributed by atoms with Crippen molar-refractivity contribution in [2.24, 2.45) is 0 Å². The standard InChI is InChI=1S/C23H38N4O5/c1-4-25-14-9-10-18(25)16-26(15-11-20(29)32-5-2)19(28)17-27-21(30)23(24(3)22(27)31)12-7-6-8-13-23/h18H,4-17H2,1-3H3. The maximum Gasteiger partial charge on any atom is 0.327 e. The molecule has 1 aliphatic carbocycles. The van der Waals surface area contributed by atoms with Crippen LogP contribution in [0, 0.1) is 0 Å². The zero-order chi connectivity index (χ0) is 23.3. The quantitative estimate of drug-likeness (QED) is 0.393. The predicted octanol–water partition coefficient (Wildman–Crippen LogP) is 1.85. The zero-order valence-electron chi connectivity index (χ0n) is 19.8. The molecular formula is C23H38N4O5. The topological polar surface area (TPSA) is 90.5 Å². The van der Waals surface area contributed by atoms with Crippen LogP contribution in [-0.2, 0) is 19.1 Å². The summed E-state index contributed by atoms with van der Waals surface area (Å²) in [5.74, 6) is -0.891. The number of urea groups is 1. The molecule has 2 saturated heterocycles. The first kappa shape index (κ1) is 24.5. The maximum absolute atomic E-state index is 13.3. The fourth-order valence-electron chi connectivity index (χ4n) is 5.46. The van der Waals surface area contributed by atoms with Gasteiger partial charge in [0.2, 0.25) is 5.91 Å². The van der Waals surface area contributed by atoms with Gasteiger partial charge in [0.25, 0.3) is 5.91 Å². The fraction of sp³-hybridized carbons (Fsp3) is 0.826. The van der Waals surface area contributed by atoms with Gasteiger partial charge in [0.1, 0.15) is 12.1 Å². The van der Waals surface area contributed by atoms with E-state index in [1.807, 2.05) is 0 Å². The van der Waals surface area contributed by atoms with Crippen molar-refractivity contribution < 1.29 is 23.9 Å². The van der Waals surface area contributed by atoms with Gasteiger partial charge in [0, 0.05) is 26.2 Å². The number of likely N-dealkylation sites (N-methyl/N-ethyl adjacent to an activating group) is 2. The van der Waals surface area contributed by atoms with Gasteiger partial charge >= 0.3 is 12.0 Å². The molecule has 0 aromatic heterocycles. The first-order valence-electron chi connectivity index (χ1n) is 12.1. The smallest absolute Gasteiger partial charge is 0.327 e. The zero-order valence-corrected chi connectivity index (χ0v) is 19.8. The number of hydrogen-bond donors (Lipinski definition) is 0. The molecule has 180 valence electrons. The van der Waals surface area contributed by atoms with Crippen LogP contribution in [0.2, 0.25) is 0 Å². The van der Waals surface area contributed by atoms with Crippen molar-refractivity contribution in [3.63, 3.8) is 0 Å². The van der Waals surface area contributed by atoms with Crippen LogP contribution >= 0.6 is 0 Å². The average Bonchev–Trinajstić information content (AvgIpc) is 3.31. The fourth-order valence-corrected chi connectivity index (χ4v) is 5.46. The van der Waals surface area contributed by atoms with Crippen LogP contribution in [0.4, 0.5) is 4.79 Å². The molecular weight excluding hydrogens is 412 g/mol. The Balaban J connectivity index is 1.71. The van der Waals surface area contributed by atoms with Crippen molar-refractivity contribution in [3.8, 4) is 0 Å². The van der Waals surface area contributed by atoms with Gasteiger partial charge in [-0.2, -0.15) is 0 Å². The van der Waals surface area contributed by atoms with E-state index in [1.165, 1.54) is 0 Å². The van der Waals surface area contributed by atoms with Crippen LogP contribution < -0.4 is 0 Å². The van der Waals surface area contributed by atoms with E-state index in [0.29, 0.717) is 26.0 Å². The van der Waals surface area contributed by atoms with Crippen molar-refractivity contribution in [3.05, 3.63) is 0 Å². The molecule has 3 aliphatic rings. The minimum absolute atomic E-state index is 0.101. The Morgan fingerprint density at radius 3 is 2.50 bits per heavy atom. The number of hydrogen-bond acceptors (Lipinski definition) is 6. The molecule has 1 saturated carbocycles. The summed E-state index contributed by atoms with van der Waals surface area (Å²) in [5.41, 5.74) is -0.796. The van der Waals surface area contributed by atoms with E-state index in [4.69, 9.17) is 4.74 Å². The van der Waals surface area contributed by atoms with Crippen molar-refractivity contribution in [2.45, 2.75) is 76.8 Å². The molecule has 9 heteroatoms. The van der Waals surface area contributed by atoms with Gasteiger partial charge in [-0.15, -0.1) is 0 Å². The van der Waals surface area contributed by atoms with Gasteiger partial charge in [0.15, 0.2) is 0 Å². The molecule has 32 heavy (non-hydrogen) atoms. The number of likely N-dealkylation sites (tertiary alicyclic amines) is 1. The van der Waals surface area contributed by atoms with E-state index in [-0.39, 0.29) is 43.3 Å². The van der Waals surface area contributed by atoms with E-state index in [0.717, 1.165) is 50.1 Å². The maximum atomic E-state index is 13.3. The Kier molecular flexibility index (Phi) is 8.14. The van der Waals surface area contributed by atoms with Crippen LogP contribution in [0.25, 0.3) is 0 Å². The number of amides is 4. The van der Waals surface area contributed by atoms with Gasteiger partial charge in [-0.25, -0.2) is 4.79 Å². The van der Waals surface area contributed by atoms with Crippen LogP contribution in [-0.4, -0.2) is 101 Å². The number of ether oxygens (including phenoxy) is 1. The molecule has 4 amide bonds. The summed E-state index contributed by atoms with van der Waals surface area (Å²) in [5, 5.41) is 0. The van der Waals surface area contributed by atoms with Gasteiger partial charge in [0.05, 0.1) is 13.0 Å². The van der Waals surface area contributed by atoms with E-state index in [1.54, 1.807) is 23.8 Å². The molecule has 0 bridgehead atoms. The Morgan fingerprint density at radius 1 is 1.12 bits per heavy atom. The lowest BCUT2D eigenvalue weighted by molar-refractivity contribution is -0.145. The van der Waals surface area contributed by atoms with E-state index in [9.17, 15) is 19.2 Å². The average molecular weight is 451 g/mol. The highest BCUT2D eigenvalue weighted by Gasteiger charge is 2.56. The largest absolute Gasteiger partial charge is 0.466 e. The lowest BCUT2D eigenvalue weighted by Gasteiger charge is -2.35. The van der Waals surface area contributed by atoms with Gasteiger partial charge in [-0.05, 0) is 45.7 Å². The second-order valence-electron chi connectivity index (χ2n) is 9.14. The summed E-state index contributed by atoms with van der Waals surface area (Å²) in [6.45, 7) is 6.49. The molecule has 0 N–H and O–H groups in total. The summed E-state index contributed by atoms with van der Waals surface area (Å²) >= 11 is 0. The molecule has 0 aromatic carbocycles. The Labute approximate surface area is 191 Å². The van der Waals surface area contributed by atoms with Gasteiger partial charge in [-0.3, -0.25) is 24.2 Å². The normalized spacial score (nSPS) is 23.3. The summed E-state index contributed by atoms with van der Waals surface area (Å²) < 4.78 is 5.03. The van der Waals surface area contributed by atoms with Gasteiger partial charge < -0.3 is 14.5 Å². The predicted molar refractivity (Wildman–Crippen MR) is 119 cm³/mol. The lowest BCUT2D eigenvalue weighted by Crippen LogP contribution is -2.50. The highest BCUT2D eigenvalue weighted by atomic mass is 16.5. The summed E-state index contributed by atoms with van der Waals surface area (Å²) in [6, 6.07) is -0.171. The van der Waals surface area contributed by atoms with Gasteiger partial charge in [-0.1, -0.05) is 26.2 Å². The lowest BCUT2D eigenvalue weighted by atomic mass is 9.81. The second kappa shape index (κ2) is 10.6. The van der Waals surface area contributed by atoms with Crippen molar-refractivity contribution in [1.82, 2.24) is 19.6 Å². The molecule has 3 fully saturated rings. The Morgan fingerprint density at radius 2 is 1.84 bits per heavy atom. The minimum atomic E-state index is -0.796. The molecule has 2 aliphatic heterocycles.